The summed E-state index contributed by atoms with van der Waals surface area (Å²) in [5, 5.41) is -0.342. The number of hydrogen-bond acceptors (Lipinski definition) is 1. The molecule has 0 aromatic heterocycles. The molecule has 2 aromatic carbocycles. The molecule has 0 amide bonds. The molecule has 1 nitrogen and oxygen atoms in total. The summed E-state index contributed by atoms with van der Waals surface area (Å²) in [7, 11) is 0. The molecule has 21 heavy (non-hydrogen) atoms. The predicted octanol–water partition coefficient (Wildman–Crippen LogP) is 5.15. The standard InChI is InChI=1S/C16H10ClF3O/c17-13-6-4-10(8-12(13)16(18,19)20)11-3-1-2-9-5-7-14(21)15(9)11/h1-4,6,8H,5,7H2. The van der Waals surface area contributed by atoms with Crippen molar-refractivity contribution in [2.75, 3.05) is 0 Å². The van der Waals surface area contributed by atoms with Crippen LogP contribution in [-0.2, 0) is 12.6 Å². The quantitative estimate of drug-likeness (QED) is 0.711. The molecule has 2 aromatic rings. The maximum absolute atomic E-state index is 12.9. The van der Waals surface area contributed by atoms with Crippen molar-refractivity contribution in [1.82, 2.24) is 0 Å². The van der Waals surface area contributed by atoms with Crippen molar-refractivity contribution in [2.45, 2.75) is 19.0 Å². The Bertz CT molecular complexity index is 735. The van der Waals surface area contributed by atoms with Crippen LogP contribution in [0.25, 0.3) is 11.1 Å². The van der Waals surface area contributed by atoms with E-state index in [9.17, 15) is 18.0 Å². The second-order valence-electron chi connectivity index (χ2n) is 4.96. The van der Waals surface area contributed by atoms with Crippen molar-refractivity contribution in [1.29, 1.82) is 0 Å². The Morgan fingerprint density at radius 2 is 1.81 bits per heavy atom. The van der Waals surface area contributed by atoms with Crippen molar-refractivity contribution < 1.29 is 18.0 Å². The van der Waals surface area contributed by atoms with Crippen molar-refractivity contribution in [3.05, 3.63) is 58.1 Å². The number of hydrogen-bond donors (Lipinski definition) is 0. The highest BCUT2D eigenvalue weighted by Gasteiger charge is 2.34. The van der Waals surface area contributed by atoms with Gasteiger partial charge in [-0.1, -0.05) is 35.9 Å². The molecule has 0 bridgehead atoms. The third-order valence-electron chi connectivity index (χ3n) is 3.63. The number of Topliss-reactive ketones (excluding diaryl/α,β-unsaturated/α-hetero) is 1. The molecule has 0 aliphatic heterocycles. The molecule has 0 N–H and O–H groups in total. The maximum atomic E-state index is 12.9. The predicted molar refractivity (Wildman–Crippen MR) is 74.5 cm³/mol. The Hall–Kier alpha value is -1.81. The smallest absolute Gasteiger partial charge is 0.294 e. The average Bonchev–Trinajstić information content (AvgIpc) is 2.80. The maximum Gasteiger partial charge on any atom is 0.417 e. The Labute approximate surface area is 124 Å². The molecule has 0 unspecified atom stereocenters. The summed E-state index contributed by atoms with van der Waals surface area (Å²) in [4.78, 5) is 12.0. The number of carbonyl (C=O) groups is 1. The molecule has 0 fully saturated rings. The molecule has 0 saturated heterocycles. The molecule has 1 aliphatic rings. The zero-order chi connectivity index (χ0) is 15.2. The summed E-state index contributed by atoms with van der Waals surface area (Å²) in [6.07, 6.45) is -3.47. The molecule has 0 saturated carbocycles. The first-order valence-corrected chi connectivity index (χ1v) is 6.78. The van der Waals surface area contributed by atoms with E-state index in [1.807, 2.05) is 6.07 Å². The van der Waals surface area contributed by atoms with E-state index >= 15 is 0 Å². The van der Waals surface area contributed by atoms with Crippen molar-refractivity contribution in [2.24, 2.45) is 0 Å². The van der Waals surface area contributed by atoms with Crippen LogP contribution in [0, 0.1) is 0 Å². The fourth-order valence-electron chi connectivity index (χ4n) is 2.66. The number of carbonyl (C=O) groups excluding carboxylic acids is 1. The summed E-state index contributed by atoms with van der Waals surface area (Å²) >= 11 is 5.63. The van der Waals surface area contributed by atoms with Gasteiger partial charge in [0.15, 0.2) is 5.78 Å². The van der Waals surface area contributed by atoms with Gasteiger partial charge in [0.1, 0.15) is 0 Å². The van der Waals surface area contributed by atoms with Crippen LogP contribution in [0.1, 0.15) is 27.9 Å². The second kappa shape index (κ2) is 4.88. The molecule has 1 aliphatic carbocycles. The monoisotopic (exact) mass is 310 g/mol. The minimum absolute atomic E-state index is 0.0240. The van der Waals surface area contributed by atoms with Gasteiger partial charge in [-0.05, 0) is 35.2 Å². The van der Waals surface area contributed by atoms with Gasteiger partial charge in [0.2, 0.25) is 0 Å². The number of fused-ring (bicyclic) bond motifs is 1. The van der Waals surface area contributed by atoms with E-state index in [1.54, 1.807) is 12.1 Å². The fourth-order valence-corrected chi connectivity index (χ4v) is 2.89. The van der Waals surface area contributed by atoms with Gasteiger partial charge in [0.05, 0.1) is 10.6 Å². The summed E-state index contributed by atoms with van der Waals surface area (Å²) in [6, 6.07) is 9.01. The van der Waals surface area contributed by atoms with Crippen LogP contribution in [0.3, 0.4) is 0 Å². The SMILES string of the molecule is O=C1CCc2cccc(-c3ccc(Cl)c(C(F)(F)F)c3)c21. The highest BCUT2D eigenvalue weighted by molar-refractivity contribution is 6.31. The first-order chi connectivity index (χ1) is 9.88. The van der Waals surface area contributed by atoms with Crippen LogP contribution in [0.15, 0.2) is 36.4 Å². The summed E-state index contributed by atoms with van der Waals surface area (Å²) < 4.78 is 38.8. The Balaban J connectivity index is 2.19. The minimum Gasteiger partial charge on any atom is -0.294 e. The van der Waals surface area contributed by atoms with E-state index in [0.717, 1.165) is 11.6 Å². The Morgan fingerprint density at radius 1 is 1.05 bits per heavy atom. The van der Waals surface area contributed by atoms with Crippen molar-refractivity contribution in [3.63, 3.8) is 0 Å². The molecule has 0 heterocycles. The first-order valence-electron chi connectivity index (χ1n) is 6.40. The largest absolute Gasteiger partial charge is 0.417 e. The van der Waals surface area contributed by atoms with E-state index in [0.29, 0.717) is 29.5 Å². The summed E-state index contributed by atoms with van der Waals surface area (Å²) in [5.74, 6) is -0.0240. The lowest BCUT2D eigenvalue weighted by atomic mass is 9.95. The molecule has 0 atom stereocenters. The van der Waals surface area contributed by atoms with Gasteiger partial charge in [-0.2, -0.15) is 13.2 Å². The molecule has 0 spiro atoms. The minimum atomic E-state index is -4.52. The van der Waals surface area contributed by atoms with Crippen LogP contribution < -0.4 is 0 Å². The van der Waals surface area contributed by atoms with E-state index in [1.165, 1.54) is 12.1 Å². The molecular formula is C16H10ClF3O. The van der Waals surface area contributed by atoms with Gasteiger partial charge in [-0.15, -0.1) is 0 Å². The van der Waals surface area contributed by atoms with E-state index in [2.05, 4.69) is 0 Å². The lowest BCUT2D eigenvalue weighted by molar-refractivity contribution is -0.137. The second-order valence-corrected chi connectivity index (χ2v) is 5.36. The van der Waals surface area contributed by atoms with E-state index in [-0.39, 0.29) is 10.8 Å². The number of alkyl halides is 3. The van der Waals surface area contributed by atoms with E-state index in [4.69, 9.17) is 11.6 Å². The highest BCUT2D eigenvalue weighted by Crippen LogP contribution is 2.39. The lowest BCUT2D eigenvalue weighted by Crippen LogP contribution is -2.06. The van der Waals surface area contributed by atoms with Crippen LogP contribution in [-0.4, -0.2) is 5.78 Å². The topological polar surface area (TPSA) is 17.1 Å². The zero-order valence-electron chi connectivity index (χ0n) is 10.8. The summed E-state index contributed by atoms with van der Waals surface area (Å²) in [5.41, 5.74) is 1.44. The normalized spacial score (nSPS) is 14.4. The van der Waals surface area contributed by atoms with Gasteiger partial charge in [0.25, 0.3) is 0 Å². The molecule has 108 valence electrons. The van der Waals surface area contributed by atoms with E-state index < -0.39 is 11.7 Å². The fraction of sp³-hybridized carbons (Fsp3) is 0.188. The Morgan fingerprint density at radius 3 is 2.52 bits per heavy atom. The third kappa shape index (κ3) is 2.44. The number of benzene rings is 2. The van der Waals surface area contributed by atoms with Crippen molar-refractivity contribution >= 4 is 17.4 Å². The molecule has 5 heteroatoms. The van der Waals surface area contributed by atoms with Gasteiger partial charge in [-0.3, -0.25) is 4.79 Å². The number of halogens is 4. The molecule has 3 rings (SSSR count). The van der Waals surface area contributed by atoms with Gasteiger partial charge < -0.3 is 0 Å². The van der Waals surface area contributed by atoms with Crippen LogP contribution in [0.2, 0.25) is 5.02 Å². The summed E-state index contributed by atoms with van der Waals surface area (Å²) in [6.45, 7) is 0. The number of aryl methyl sites for hydroxylation is 1. The highest BCUT2D eigenvalue weighted by atomic mass is 35.5. The Kier molecular flexibility index (Phi) is 3.29. The number of rotatable bonds is 1. The first kappa shape index (κ1) is 14.1. The van der Waals surface area contributed by atoms with Crippen LogP contribution in [0.4, 0.5) is 13.2 Å². The lowest BCUT2D eigenvalue weighted by Gasteiger charge is -2.13. The van der Waals surface area contributed by atoms with Crippen LogP contribution >= 0.6 is 11.6 Å². The average molecular weight is 311 g/mol. The van der Waals surface area contributed by atoms with Gasteiger partial charge in [0, 0.05) is 12.0 Å². The number of ketones is 1. The van der Waals surface area contributed by atoms with Gasteiger partial charge >= 0.3 is 6.18 Å². The molecule has 0 radical (unpaired) electrons. The zero-order valence-corrected chi connectivity index (χ0v) is 11.6. The van der Waals surface area contributed by atoms with Gasteiger partial charge in [-0.25, -0.2) is 0 Å². The van der Waals surface area contributed by atoms with Crippen LogP contribution in [0.5, 0.6) is 0 Å². The third-order valence-corrected chi connectivity index (χ3v) is 3.96. The molecular weight excluding hydrogens is 301 g/mol. The van der Waals surface area contributed by atoms with Crippen molar-refractivity contribution in [3.8, 4) is 11.1 Å².